The Bertz CT molecular complexity index is 502. The van der Waals surface area contributed by atoms with Gasteiger partial charge in [0.1, 0.15) is 5.82 Å². The van der Waals surface area contributed by atoms with Crippen molar-refractivity contribution in [3.8, 4) is 0 Å². The van der Waals surface area contributed by atoms with Crippen molar-refractivity contribution in [2.24, 2.45) is 13.0 Å². The van der Waals surface area contributed by atoms with Gasteiger partial charge in [-0.1, -0.05) is 12.2 Å². The second-order valence-electron chi connectivity index (χ2n) is 5.22. The zero-order valence-corrected chi connectivity index (χ0v) is 10.4. The van der Waals surface area contributed by atoms with E-state index < -0.39 is 5.97 Å². The number of aliphatic carboxylic acids is 1. The molecule has 0 radical (unpaired) electrons. The fourth-order valence-corrected chi connectivity index (χ4v) is 2.63. The van der Waals surface area contributed by atoms with Crippen molar-refractivity contribution in [3.63, 3.8) is 0 Å². The highest BCUT2D eigenvalue weighted by Gasteiger charge is 2.35. The molecular formula is C13H17N3O2. The molecule has 0 spiro atoms. The summed E-state index contributed by atoms with van der Waals surface area (Å²) < 4.78 is 1.77. The standard InChI is InChI=1S/C13H17N3O2/c1-16-12(14-11(15-16)8-6-7-8)9-4-2-3-5-10(9)13(17)18/h2-3,8-10H,4-7H2,1H3,(H,17,18). The number of carboxylic acids is 1. The largest absolute Gasteiger partial charge is 0.481 e. The normalized spacial score (nSPS) is 27.4. The van der Waals surface area contributed by atoms with Crippen LogP contribution in [0.25, 0.3) is 0 Å². The third kappa shape index (κ3) is 1.94. The van der Waals surface area contributed by atoms with Gasteiger partial charge < -0.3 is 5.11 Å². The Morgan fingerprint density at radius 3 is 2.78 bits per heavy atom. The van der Waals surface area contributed by atoms with Gasteiger partial charge in [0.2, 0.25) is 0 Å². The maximum Gasteiger partial charge on any atom is 0.307 e. The van der Waals surface area contributed by atoms with Crippen LogP contribution in [-0.4, -0.2) is 25.8 Å². The summed E-state index contributed by atoms with van der Waals surface area (Å²) in [6.45, 7) is 0. The molecule has 18 heavy (non-hydrogen) atoms. The average molecular weight is 247 g/mol. The SMILES string of the molecule is Cn1nc(C2CC2)nc1C1CC=CCC1C(=O)O. The lowest BCUT2D eigenvalue weighted by Crippen LogP contribution is -2.25. The van der Waals surface area contributed by atoms with Gasteiger partial charge in [-0.05, 0) is 25.7 Å². The summed E-state index contributed by atoms with van der Waals surface area (Å²) in [4.78, 5) is 15.9. The smallest absolute Gasteiger partial charge is 0.307 e. The predicted molar refractivity (Wildman–Crippen MR) is 65.2 cm³/mol. The Morgan fingerprint density at radius 1 is 1.39 bits per heavy atom. The first-order chi connectivity index (χ1) is 8.66. The zero-order valence-electron chi connectivity index (χ0n) is 10.4. The van der Waals surface area contributed by atoms with E-state index in [1.165, 1.54) is 0 Å². The molecule has 1 saturated carbocycles. The molecule has 1 N–H and O–H groups in total. The van der Waals surface area contributed by atoms with Gasteiger partial charge in [-0.2, -0.15) is 5.10 Å². The first-order valence-corrected chi connectivity index (χ1v) is 6.45. The van der Waals surface area contributed by atoms with E-state index in [1.807, 2.05) is 13.1 Å². The summed E-state index contributed by atoms with van der Waals surface area (Å²) in [6, 6.07) is 0. The Morgan fingerprint density at radius 2 is 2.11 bits per heavy atom. The van der Waals surface area contributed by atoms with E-state index in [9.17, 15) is 9.90 Å². The Labute approximate surface area is 106 Å². The van der Waals surface area contributed by atoms with Gasteiger partial charge in [-0.25, -0.2) is 4.98 Å². The van der Waals surface area contributed by atoms with Crippen LogP contribution < -0.4 is 0 Å². The van der Waals surface area contributed by atoms with Crippen LogP contribution in [-0.2, 0) is 11.8 Å². The second-order valence-corrected chi connectivity index (χ2v) is 5.22. The molecule has 2 atom stereocenters. The average Bonchev–Trinajstić information content (AvgIpc) is 3.13. The van der Waals surface area contributed by atoms with Crippen molar-refractivity contribution < 1.29 is 9.90 Å². The lowest BCUT2D eigenvalue weighted by atomic mass is 9.82. The third-order valence-electron chi connectivity index (χ3n) is 3.84. The number of allylic oxidation sites excluding steroid dienone is 2. The highest BCUT2D eigenvalue weighted by Crippen LogP contribution is 2.40. The Balaban J connectivity index is 1.92. The van der Waals surface area contributed by atoms with Gasteiger partial charge in [0.05, 0.1) is 5.92 Å². The van der Waals surface area contributed by atoms with Gasteiger partial charge in [0, 0.05) is 18.9 Å². The molecule has 2 aliphatic carbocycles. The molecule has 2 unspecified atom stereocenters. The highest BCUT2D eigenvalue weighted by molar-refractivity contribution is 5.71. The fraction of sp³-hybridized carbons (Fsp3) is 0.615. The summed E-state index contributed by atoms with van der Waals surface area (Å²) in [5.74, 6) is 1.08. The molecule has 5 heteroatoms. The van der Waals surface area contributed by atoms with Crippen molar-refractivity contribution in [1.82, 2.24) is 14.8 Å². The summed E-state index contributed by atoms with van der Waals surface area (Å²) in [7, 11) is 1.87. The highest BCUT2D eigenvalue weighted by atomic mass is 16.4. The van der Waals surface area contributed by atoms with Gasteiger partial charge in [-0.3, -0.25) is 9.48 Å². The van der Waals surface area contributed by atoms with Crippen LogP contribution in [0, 0.1) is 5.92 Å². The van der Waals surface area contributed by atoms with E-state index in [-0.39, 0.29) is 11.8 Å². The molecule has 3 rings (SSSR count). The van der Waals surface area contributed by atoms with E-state index >= 15 is 0 Å². The number of carbonyl (C=O) groups is 1. The maximum atomic E-state index is 11.3. The summed E-state index contributed by atoms with van der Waals surface area (Å²) >= 11 is 0. The predicted octanol–water partition coefficient (Wildman–Crippen LogP) is 1.83. The van der Waals surface area contributed by atoms with Crippen LogP contribution in [0.3, 0.4) is 0 Å². The molecule has 1 aromatic rings. The monoisotopic (exact) mass is 247 g/mol. The van der Waals surface area contributed by atoms with Crippen molar-refractivity contribution in [2.45, 2.75) is 37.5 Å². The van der Waals surface area contributed by atoms with Crippen molar-refractivity contribution in [2.75, 3.05) is 0 Å². The fourth-order valence-electron chi connectivity index (χ4n) is 2.63. The van der Waals surface area contributed by atoms with Crippen molar-refractivity contribution in [1.29, 1.82) is 0 Å². The maximum absolute atomic E-state index is 11.3. The molecule has 96 valence electrons. The molecule has 0 amide bonds. The minimum absolute atomic E-state index is 0.0440. The molecule has 1 aromatic heterocycles. The number of hydrogen-bond donors (Lipinski definition) is 1. The van der Waals surface area contributed by atoms with E-state index in [1.54, 1.807) is 4.68 Å². The molecule has 1 fully saturated rings. The summed E-state index contributed by atoms with van der Waals surface area (Å²) in [5.41, 5.74) is 0. The second kappa shape index (κ2) is 4.23. The van der Waals surface area contributed by atoms with E-state index in [4.69, 9.17) is 0 Å². The van der Waals surface area contributed by atoms with Crippen LogP contribution in [0.2, 0.25) is 0 Å². The lowest BCUT2D eigenvalue weighted by molar-refractivity contribution is -0.142. The van der Waals surface area contributed by atoms with Crippen LogP contribution in [0.4, 0.5) is 0 Å². The van der Waals surface area contributed by atoms with Gasteiger partial charge >= 0.3 is 5.97 Å². The zero-order chi connectivity index (χ0) is 12.7. The number of aryl methyl sites for hydroxylation is 1. The number of hydrogen-bond acceptors (Lipinski definition) is 3. The Hall–Kier alpha value is -1.65. The molecule has 2 aliphatic rings. The van der Waals surface area contributed by atoms with E-state index in [2.05, 4.69) is 16.2 Å². The number of rotatable bonds is 3. The van der Waals surface area contributed by atoms with Gasteiger partial charge in [0.25, 0.3) is 0 Å². The first-order valence-electron chi connectivity index (χ1n) is 6.45. The number of aromatic nitrogens is 3. The summed E-state index contributed by atoms with van der Waals surface area (Å²) in [5, 5.41) is 13.7. The van der Waals surface area contributed by atoms with Crippen LogP contribution >= 0.6 is 0 Å². The number of nitrogens with zero attached hydrogens (tertiary/aromatic N) is 3. The molecular weight excluding hydrogens is 230 g/mol. The van der Waals surface area contributed by atoms with Gasteiger partial charge in [-0.15, -0.1) is 0 Å². The molecule has 1 heterocycles. The molecule has 5 nitrogen and oxygen atoms in total. The minimum atomic E-state index is -0.736. The Kier molecular flexibility index (Phi) is 2.69. The molecule has 0 aliphatic heterocycles. The van der Waals surface area contributed by atoms with Crippen LogP contribution in [0.15, 0.2) is 12.2 Å². The van der Waals surface area contributed by atoms with E-state index in [0.717, 1.165) is 30.9 Å². The molecule has 0 bridgehead atoms. The third-order valence-corrected chi connectivity index (χ3v) is 3.84. The topological polar surface area (TPSA) is 68.0 Å². The van der Waals surface area contributed by atoms with Gasteiger partial charge in [0.15, 0.2) is 5.82 Å². The summed E-state index contributed by atoms with van der Waals surface area (Å²) in [6.07, 6.45) is 7.66. The van der Waals surface area contributed by atoms with E-state index in [0.29, 0.717) is 12.3 Å². The molecule has 0 aromatic carbocycles. The van der Waals surface area contributed by atoms with Crippen LogP contribution in [0.1, 0.15) is 49.2 Å². The number of carboxylic acid groups (broad SMARTS) is 1. The lowest BCUT2D eigenvalue weighted by Gasteiger charge is -2.23. The van der Waals surface area contributed by atoms with Crippen LogP contribution in [0.5, 0.6) is 0 Å². The quantitative estimate of drug-likeness (QED) is 0.827. The van der Waals surface area contributed by atoms with Crippen molar-refractivity contribution in [3.05, 3.63) is 23.8 Å². The van der Waals surface area contributed by atoms with Crippen molar-refractivity contribution >= 4 is 5.97 Å². The first kappa shape index (κ1) is 11.4. The molecule has 0 saturated heterocycles. The minimum Gasteiger partial charge on any atom is -0.481 e.